The molecule has 0 unspecified atom stereocenters. The van der Waals surface area contributed by atoms with Crippen LogP contribution in [0.5, 0.6) is 0 Å². The molecule has 69 heavy (non-hydrogen) atoms. The molecule has 0 N–H and O–H groups in total. The normalized spacial score (nSPS) is 11.2. The number of nitrogens with zero attached hydrogens (tertiary/aromatic N) is 1. The molecule has 0 radical (unpaired) electrons. The van der Waals surface area contributed by atoms with E-state index in [9.17, 15) is 0 Å². The Balaban J connectivity index is 1.09. The van der Waals surface area contributed by atoms with Gasteiger partial charge in [0.25, 0.3) is 0 Å². The van der Waals surface area contributed by atoms with Crippen LogP contribution in [0.1, 0.15) is 0 Å². The maximum atomic E-state index is 2.49. The Kier molecular flexibility index (Phi) is 11.0. The van der Waals surface area contributed by atoms with Crippen molar-refractivity contribution in [3.63, 3.8) is 0 Å². The Hall–Kier alpha value is -9.04. The number of hydrogen-bond acceptors (Lipinski definition) is 1. The molecule has 1 heteroatoms. The van der Waals surface area contributed by atoms with Crippen LogP contribution >= 0.6 is 0 Å². The molecule has 12 rings (SSSR count). The molecule has 1 nitrogen and oxygen atoms in total. The summed E-state index contributed by atoms with van der Waals surface area (Å²) in [5.74, 6) is 0. The van der Waals surface area contributed by atoms with Gasteiger partial charge < -0.3 is 4.90 Å². The van der Waals surface area contributed by atoms with E-state index in [4.69, 9.17) is 0 Å². The van der Waals surface area contributed by atoms with Gasteiger partial charge in [0.2, 0.25) is 0 Å². The summed E-state index contributed by atoms with van der Waals surface area (Å²) in [4.78, 5) is 2.49. The minimum Gasteiger partial charge on any atom is -0.309 e. The van der Waals surface area contributed by atoms with Gasteiger partial charge in [0.05, 0.1) is 5.69 Å². The molecule has 0 bridgehead atoms. The van der Waals surface area contributed by atoms with E-state index in [1.165, 1.54) is 60.5 Å². The molecule has 0 heterocycles. The van der Waals surface area contributed by atoms with E-state index >= 15 is 0 Å². The summed E-state index contributed by atoms with van der Waals surface area (Å²) in [5, 5.41) is 4.98. The predicted octanol–water partition coefficient (Wildman–Crippen LogP) is 19.1. The maximum absolute atomic E-state index is 2.49. The summed E-state index contributed by atoms with van der Waals surface area (Å²) < 4.78 is 0. The summed E-state index contributed by atoms with van der Waals surface area (Å²) in [5.41, 5.74) is 19.7. The predicted molar refractivity (Wildman–Crippen MR) is 294 cm³/mol. The topological polar surface area (TPSA) is 3.24 Å². The fourth-order valence-electron chi connectivity index (χ4n) is 10.2. The lowest BCUT2D eigenvalue weighted by molar-refractivity contribution is 1.28. The van der Waals surface area contributed by atoms with Crippen LogP contribution in [0.3, 0.4) is 0 Å². The van der Waals surface area contributed by atoms with Gasteiger partial charge in [-0.3, -0.25) is 0 Å². The van der Waals surface area contributed by atoms with Crippen molar-refractivity contribution in [3.8, 4) is 77.9 Å². The number of rotatable bonds is 10. The molecular weight excluding hydrogens is 831 g/mol. The maximum Gasteiger partial charge on any atom is 0.0618 e. The largest absolute Gasteiger partial charge is 0.309 e. The highest BCUT2D eigenvalue weighted by atomic mass is 15.1. The number of benzene rings is 12. The Morgan fingerprint density at radius 1 is 0.188 bits per heavy atom. The van der Waals surface area contributed by atoms with Gasteiger partial charge >= 0.3 is 0 Å². The second-order valence-electron chi connectivity index (χ2n) is 17.6. The van der Waals surface area contributed by atoms with Crippen LogP contribution < -0.4 is 4.90 Å². The van der Waals surface area contributed by atoms with Crippen molar-refractivity contribution in [2.45, 2.75) is 0 Å². The van der Waals surface area contributed by atoms with Gasteiger partial charge in [-0.05, 0) is 125 Å². The first-order chi connectivity index (χ1) is 34.2. The zero-order valence-electron chi connectivity index (χ0n) is 38.1. The highest BCUT2D eigenvalue weighted by Gasteiger charge is 2.24. The fraction of sp³-hybridized carbons (Fsp3) is 0. The molecule has 0 saturated carbocycles. The van der Waals surface area contributed by atoms with Gasteiger partial charge in [-0.15, -0.1) is 0 Å². The molecule has 12 aromatic rings. The summed E-state index contributed by atoms with van der Waals surface area (Å²) in [6.45, 7) is 0. The molecule has 0 fully saturated rings. The zero-order valence-corrected chi connectivity index (χ0v) is 38.1. The molecule has 12 aromatic carbocycles. The number of hydrogen-bond donors (Lipinski definition) is 0. The van der Waals surface area contributed by atoms with Gasteiger partial charge in [-0.25, -0.2) is 0 Å². The third kappa shape index (κ3) is 7.97. The van der Waals surface area contributed by atoms with Crippen LogP contribution in [0.25, 0.3) is 99.4 Å². The number of para-hydroxylation sites is 1. The van der Waals surface area contributed by atoms with E-state index in [2.05, 4.69) is 290 Å². The van der Waals surface area contributed by atoms with E-state index in [1.807, 2.05) is 0 Å². The smallest absolute Gasteiger partial charge is 0.0618 e. The van der Waals surface area contributed by atoms with Crippen LogP contribution in [0, 0.1) is 0 Å². The highest BCUT2D eigenvalue weighted by molar-refractivity contribution is 6.22. The summed E-state index contributed by atoms with van der Waals surface area (Å²) >= 11 is 0. The van der Waals surface area contributed by atoms with Crippen molar-refractivity contribution in [3.05, 3.63) is 285 Å². The Morgan fingerprint density at radius 3 is 1.06 bits per heavy atom. The van der Waals surface area contributed by atoms with Crippen LogP contribution in [0.2, 0.25) is 0 Å². The molecule has 0 aromatic heterocycles. The number of fused-ring (bicyclic) bond motifs is 3. The Bertz CT molecular complexity index is 3600. The van der Waals surface area contributed by atoms with Crippen LogP contribution in [0.4, 0.5) is 17.1 Å². The lowest BCUT2D eigenvalue weighted by Gasteiger charge is -2.31. The molecule has 0 atom stereocenters. The molecule has 0 aliphatic carbocycles. The van der Waals surface area contributed by atoms with Gasteiger partial charge in [0.15, 0.2) is 0 Å². The number of anilines is 3. The van der Waals surface area contributed by atoms with Gasteiger partial charge in [-0.2, -0.15) is 0 Å². The second-order valence-corrected chi connectivity index (χ2v) is 17.6. The SMILES string of the molecule is c1ccc(-c2cc(-c3ccccc3)cc(N(c3ccc(-c4ccc5c(c4)c(-c4ccccc4)c(-c4ccccc4)c4ccccc45)cc3)c3c(-c4ccccc4)cccc3-c3ccccc3)c2)cc1. The molecule has 0 aliphatic heterocycles. The van der Waals surface area contributed by atoms with Gasteiger partial charge in [0, 0.05) is 22.5 Å². The van der Waals surface area contributed by atoms with E-state index in [-0.39, 0.29) is 0 Å². The molecule has 0 spiro atoms. The molecular formula is C68H47N. The van der Waals surface area contributed by atoms with Crippen molar-refractivity contribution in [1.82, 2.24) is 0 Å². The van der Waals surface area contributed by atoms with Gasteiger partial charge in [0.1, 0.15) is 0 Å². The standard InChI is InChI=1S/C68H47N/c1-7-22-48(23-8-1)56-44-57(49-24-9-2-10-25-49)46-59(45-56)69(68-60(51-26-11-3-12-27-51)36-21-37-61(68)52-28-13-4-14-29-52)58-41-38-50(39-42-58)55-40-43-63-62-34-19-20-35-64(62)66(53-30-15-5-16-31-53)67(65(63)47-55)54-32-17-6-18-33-54/h1-47H. The molecule has 0 amide bonds. The quantitative estimate of drug-likeness (QED) is 0.124. The first kappa shape index (κ1) is 41.4. The van der Waals surface area contributed by atoms with Crippen molar-refractivity contribution in [2.24, 2.45) is 0 Å². The molecule has 0 aliphatic rings. The monoisotopic (exact) mass is 877 g/mol. The third-order valence-electron chi connectivity index (χ3n) is 13.4. The van der Waals surface area contributed by atoms with Gasteiger partial charge in [-0.1, -0.05) is 249 Å². The van der Waals surface area contributed by atoms with E-state index in [0.717, 1.165) is 56.0 Å². The first-order valence-electron chi connectivity index (χ1n) is 23.7. The minimum atomic E-state index is 1.06. The van der Waals surface area contributed by atoms with Crippen LogP contribution in [-0.4, -0.2) is 0 Å². The second kappa shape index (κ2) is 18.3. The van der Waals surface area contributed by atoms with Crippen molar-refractivity contribution < 1.29 is 0 Å². The molecule has 0 saturated heterocycles. The zero-order chi connectivity index (χ0) is 45.9. The molecule has 324 valence electrons. The van der Waals surface area contributed by atoms with E-state index in [0.29, 0.717) is 0 Å². The summed E-state index contributed by atoms with van der Waals surface area (Å²) in [7, 11) is 0. The minimum absolute atomic E-state index is 1.06. The average molecular weight is 878 g/mol. The van der Waals surface area contributed by atoms with Crippen molar-refractivity contribution in [2.75, 3.05) is 4.90 Å². The van der Waals surface area contributed by atoms with Crippen molar-refractivity contribution >= 4 is 38.6 Å². The highest BCUT2D eigenvalue weighted by Crippen LogP contribution is 2.49. The third-order valence-corrected chi connectivity index (χ3v) is 13.4. The Labute approximate surface area is 404 Å². The summed E-state index contributed by atoms with van der Waals surface area (Å²) in [6.07, 6.45) is 0. The Morgan fingerprint density at radius 2 is 0.565 bits per heavy atom. The van der Waals surface area contributed by atoms with Crippen molar-refractivity contribution in [1.29, 1.82) is 0 Å². The van der Waals surface area contributed by atoms with E-state index in [1.54, 1.807) is 0 Å². The fourth-order valence-corrected chi connectivity index (χ4v) is 10.2. The first-order valence-corrected chi connectivity index (χ1v) is 23.7. The lowest BCUT2D eigenvalue weighted by atomic mass is 9.84. The van der Waals surface area contributed by atoms with Crippen LogP contribution in [-0.2, 0) is 0 Å². The summed E-state index contributed by atoms with van der Waals surface area (Å²) in [6, 6.07) is 104. The van der Waals surface area contributed by atoms with E-state index < -0.39 is 0 Å². The average Bonchev–Trinajstić information content (AvgIpc) is 3.44. The lowest BCUT2D eigenvalue weighted by Crippen LogP contribution is -2.13. The van der Waals surface area contributed by atoms with Crippen LogP contribution in [0.15, 0.2) is 285 Å².